The Morgan fingerprint density at radius 1 is 1.14 bits per heavy atom. The van der Waals surface area contributed by atoms with Crippen molar-refractivity contribution in [3.8, 4) is 5.75 Å². The molecule has 2 saturated heterocycles. The van der Waals surface area contributed by atoms with Crippen molar-refractivity contribution in [1.29, 1.82) is 0 Å². The van der Waals surface area contributed by atoms with Gasteiger partial charge in [0.15, 0.2) is 0 Å². The van der Waals surface area contributed by atoms with Crippen LogP contribution < -0.4 is 4.74 Å². The zero-order valence-corrected chi connectivity index (χ0v) is 16.9. The maximum Gasteiger partial charge on any atom is 0.230 e. The molecule has 152 valence electrons. The molecule has 1 aliphatic carbocycles. The van der Waals surface area contributed by atoms with E-state index < -0.39 is 0 Å². The van der Waals surface area contributed by atoms with Crippen LogP contribution >= 0.6 is 0 Å². The van der Waals surface area contributed by atoms with Gasteiger partial charge in [-0.2, -0.15) is 0 Å². The Balaban J connectivity index is 1.55. The summed E-state index contributed by atoms with van der Waals surface area (Å²) < 4.78 is 11.1. The Labute approximate surface area is 166 Å². The molecule has 2 fully saturated rings. The number of carbonyl (C=O) groups excluding carboxylic acids is 2. The Kier molecular flexibility index (Phi) is 5.32. The molecule has 0 radical (unpaired) electrons. The van der Waals surface area contributed by atoms with Crippen LogP contribution in [0.4, 0.5) is 0 Å². The lowest BCUT2D eigenvalue weighted by Crippen LogP contribution is -2.54. The summed E-state index contributed by atoms with van der Waals surface area (Å²) in [7, 11) is 1.67. The topological polar surface area (TPSA) is 59.1 Å². The molecule has 1 aromatic carbocycles. The second kappa shape index (κ2) is 7.74. The highest BCUT2D eigenvalue weighted by Gasteiger charge is 2.43. The van der Waals surface area contributed by atoms with Gasteiger partial charge in [0.05, 0.1) is 13.0 Å². The third-order valence-corrected chi connectivity index (χ3v) is 6.85. The maximum atomic E-state index is 13.5. The van der Waals surface area contributed by atoms with Crippen LogP contribution in [0.1, 0.15) is 49.7 Å². The summed E-state index contributed by atoms with van der Waals surface area (Å²) in [4.78, 5) is 29.8. The highest BCUT2D eigenvalue weighted by atomic mass is 16.5. The Morgan fingerprint density at radius 3 is 2.64 bits per heavy atom. The van der Waals surface area contributed by atoms with Gasteiger partial charge in [-0.3, -0.25) is 9.59 Å². The monoisotopic (exact) mass is 386 g/mol. The highest BCUT2D eigenvalue weighted by Crippen LogP contribution is 2.41. The average Bonchev–Trinajstić information content (AvgIpc) is 3.06. The number of benzene rings is 1. The number of amides is 2. The fourth-order valence-electron chi connectivity index (χ4n) is 5.32. The number of hydrogen-bond donors (Lipinski definition) is 0. The summed E-state index contributed by atoms with van der Waals surface area (Å²) in [5.74, 6) is 0.954. The summed E-state index contributed by atoms with van der Waals surface area (Å²) in [5.41, 5.74) is 2.12. The SMILES string of the molecule is COc1cccc2c1C(C(=O)N1CCN(C(C)=O)C3(CCOCC3)CC1)CC2. The van der Waals surface area contributed by atoms with Gasteiger partial charge in [-0.05, 0) is 43.7 Å². The number of ether oxygens (including phenoxy) is 2. The predicted octanol–water partition coefficient (Wildman–Crippen LogP) is 2.35. The van der Waals surface area contributed by atoms with Gasteiger partial charge in [-0.25, -0.2) is 0 Å². The minimum Gasteiger partial charge on any atom is -0.496 e. The van der Waals surface area contributed by atoms with E-state index in [4.69, 9.17) is 9.47 Å². The number of aryl methyl sites for hydroxylation is 1. The highest BCUT2D eigenvalue weighted by molar-refractivity contribution is 5.86. The fraction of sp³-hybridized carbons (Fsp3) is 0.636. The third kappa shape index (κ3) is 3.28. The molecule has 1 spiro atoms. The molecule has 6 nitrogen and oxygen atoms in total. The Hall–Kier alpha value is -2.08. The molecule has 0 bridgehead atoms. The molecule has 28 heavy (non-hydrogen) atoms. The number of carbonyl (C=O) groups is 2. The molecule has 3 aliphatic rings. The summed E-state index contributed by atoms with van der Waals surface area (Å²) in [5, 5.41) is 0. The number of hydrogen-bond acceptors (Lipinski definition) is 4. The zero-order valence-electron chi connectivity index (χ0n) is 16.9. The lowest BCUT2D eigenvalue weighted by Gasteiger charge is -2.44. The van der Waals surface area contributed by atoms with Gasteiger partial charge in [0.25, 0.3) is 0 Å². The number of rotatable bonds is 2. The summed E-state index contributed by atoms with van der Waals surface area (Å²) in [6.07, 6.45) is 4.29. The van der Waals surface area contributed by atoms with Crippen LogP contribution in [0.25, 0.3) is 0 Å². The molecule has 0 saturated carbocycles. The fourth-order valence-corrected chi connectivity index (χ4v) is 5.32. The van der Waals surface area contributed by atoms with Crippen molar-refractivity contribution in [2.45, 2.75) is 50.5 Å². The minimum atomic E-state index is -0.162. The van der Waals surface area contributed by atoms with Crippen molar-refractivity contribution in [3.05, 3.63) is 29.3 Å². The number of fused-ring (bicyclic) bond motifs is 1. The van der Waals surface area contributed by atoms with Gasteiger partial charge in [0.2, 0.25) is 11.8 Å². The first-order chi connectivity index (χ1) is 13.6. The molecule has 2 amide bonds. The second-order valence-electron chi connectivity index (χ2n) is 8.21. The van der Waals surface area contributed by atoms with E-state index in [0.29, 0.717) is 32.8 Å². The van der Waals surface area contributed by atoms with E-state index in [1.807, 2.05) is 21.9 Å². The molecule has 2 aliphatic heterocycles. The van der Waals surface area contributed by atoms with E-state index in [0.717, 1.165) is 43.4 Å². The van der Waals surface area contributed by atoms with Gasteiger partial charge in [0.1, 0.15) is 5.75 Å². The second-order valence-corrected chi connectivity index (χ2v) is 8.21. The lowest BCUT2D eigenvalue weighted by molar-refractivity contribution is -0.139. The van der Waals surface area contributed by atoms with Gasteiger partial charge in [-0.1, -0.05) is 12.1 Å². The average molecular weight is 386 g/mol. The van der Waals surface area contributed by atoms with E-state index in [1.165, 1.54) is 5.56 Å². The molecule has 1 aromatic rings. The molecular weight excluding hydrogens is 356 g/mol. The summed E-state index contributed by atoms with van der Waals surface area (Å²) >= 11 is 0. The van der Waals surface area contributed by atoms with E-state index in [9.17, 15) is 9.59 Å². The van der Waals surface area contributed by atoms with Crippen LogP contribution in [0.2, 0.25) is 0 Å². The molecule has 2 heterocycles. The van der Waals surface area contributed by atoms with Crippen LogP contribution in [-0.2, 0) is 20.7 Å². The quantitative estimate of drug-likeness (QED) is 0.783. The van der Waals surface area contributed by atoms with Crippen molar-refractivity contribution in [2.24, 2.45) is 0 Å². The maximum absolute atomic E-state index is 13.5. The van der Waals surface area contributed by atoms with Crippen molar-refractivity contribution < 1.29 is 19.1 Å². The number of methoxy groups -OCH3 is 1. The Bertz CT molecular complexity index is 757. The molecule has 4 rings (SSSR count). The molecule has 1 unspecified atom stereocenters. The summed E-state index contributed by atoms with van der Waals surface area (Å²) in [6, 6.07) is 6.04. The molecule has 0 aromatic heterocycles. The molecule has 0 N–H and O–H groups in total. The first-order valence-corrected chi connectivity index (χ1v) is 10.4. The van der Waals surface area contributed by atoms with Crippen LogP contribution in [0.15, 0.2) is 18.2 Å². The van der Waals surface area contributed by atoms with Gasteiger partial charge >= 0.3 is 0 Å². The summed E-state index contributed by atoms with van der Waals surface area (Å²) in [6.45, 7) is 4.92. The normalized spacial score (nSPS) is 24.0. The Morgan fingerprint density at radius 2 is 1.93 bits per heavy atom. The smallest absolute Gasteiger partial charge is 0.230 e. The first-order valence-electron chi connectivity index (χ1n) is 10.4. The molecule has 1 atom stereocenters. The zero-order chi connectivity index (χ0) is 19.7. The van der Waals surface area contributed by atoms with Gasteiger partial charge < -0.3 is 19.3 Å². The minimum absolute atomic E-state index is 0.101. The lowest BCUT2D eigenvalue weighted by atomic mass is 9.84. The first kappa shape index (κ1) is 19.2. The van der Waals surface area contributed by atoms with Gasteiger partial charge in [0, 0.05) is 50.9 Å². The van der Waals surface area contributed by atoms with Crippen molar-refractivity contribution in [2.75, 3.05) is 40.0 Å². The van der Waals surface area contributed by atoms with E-state index in [2.05, 4.69) is 6.07 Å². The third-order valence-electron chi connectivity index (χ3n) is 6.85. The van der Waals surface area contributed by atoms with Crippen molar-refractivity contribution in [1.82, 2.24) is 9.80 Å². The largest absolute Gasteiger partial charge is 0.496 e. The standard InChI is InChI=1S/C22H30N2O4/c1-16(25)24-13-12-23(11-8-22(24)9-14-28-15-10-22)21(26)18-7-6-17-4-3-5-19(27-2)20(17)18/h3-5,18H,6-15H2,1-2H3. The predicted molar refractivity (Wildman–Crippen MR) is 105 cm³/mol. The molecule has 6 heteroatoms. The van der Waals surface area contributed by atoms with Crippen molar-refractivity contribution in [3.63, 3.8) is 0 Å². The van der Waals surface area contributed by atoms with E-state index >= 15 is 0 Å². The van der Waals surface area contributed by atoms with E-state index in [-0.39, 0.29) is 23.3 Å². The van der Waals surface area contributed by atoms with Crippen LogP contribution in [-0.4, -0.2) is 67.1 Å². The van der Waals surface area contributed by atoms with Crippen molar-refractivity contribution >= 4 is 11.8 Å². The van der Waals surface area contributed by atoms with Crippen LogP contribution in [0.5, 0.6) is 5.75 Å². The molecular formula is C22H30N2O4. The van der Waals surface area contributed by atoms with Crippen LogP contribution in [0.3, 0.4) is 0 Å². The number of nitrogens with zero attached hydrogens (tertiary/aromatic N) is 2. The van der Waals surface area contributed by atoms with E-state index in [1.54, 1.807) is 14.0 Å². The van der Waals surface area contributed by atoms with Crippen LogP contribution in [0, 0.1) is 0 Å². The van der Waals surface area contributed by atoms with Gasteiger partial charge in [-0.15, -0.1) is 0 Å².